The Balaban J connectivity index is 1.23. The predicted octanol–water partition coefficient (Wildman–Crippen LogP) is 4.26. The second kappa shape index (κ2) is 10.2. The minimum atomic E-state index is -4.45. The van der Waals surface area contributed by atoms with E-state index in [-0.39, 0.29) is 36.6 Å². The van der Waals surface area contributed by atoms with Crippen LogP contribution in [0.1, 0.15) is 42.7 Å². The number of amides is 3. The number of fused-ring (bicyclic) bond motifs is 3. The molecular formula is C26H28F3N3O5. The van der Waals surface area contributed by atoms with Crippen LogP contribution >= 0.6 is 0 Å². The van der Waals surface area contributed by atoms with E-state index >= 15 is 0 Å². The Kier molecular flexibility index (Phi) is 7.00. The van der Waals surface area contributed by atoms with Crippen LogP contribution in [0.5, 0.6) is 5.75 Å². The van der Waals surface area contributed by atoms with E-state index in [0.717, 1.165) is 30.5 Å². The first-order valence-electron chi connectivity index (χ1n) is 12.3. The zero-order chi connectivity index (χ0) is 26.2. The third-order valence-corrected chi connectivity index (χ3v) is 6.93. The molecule has 2 aromatic carbocycles. The van der Waals surface area contributed by atoms with Crippen LogP contribution in [0.25, 0.3) is 0 Å². The SMILES string of the molecule is O=C(C[C@H]1C[C@H]2c3cc(NC(=O)Nc4ccc(C(F)(F)F)cc4)ccc3O[C@H]2[C@@H](CO)O1)NCC1CC1. The summed E-state index contributed by atoms with van der Waals surface area (Å²) in [6.07, 6.45) is -2.85. The topological polar surface area (TPSA) is 109 Å². The second-order valence-corrected chi connectivity index (χ2v) is 9.76. The molecule has 37 heavy (non-hydrogen) atoms. The lowest BCUT2D eigenvalue weighted by molar-refractivity contribution is -0.142. The van der Waals surface area contributed by atoms with E-state index < -0.39 is 30.0 Å². The highest BCUT2D eigenvalue weighted by Gasteiger charge is 2.46. The Labute approximate surface area is 211 Å². The molecule has 8 nitrogen and oxygen atoms in total. The van der Waals surface area contributed by atoms with Gasteiger partial charge in [-0.25, -0.2) is 4.79 Å². The Morgan fingerprint density at radius 2 is 1.73 bits per heavy atom. The first kappa shape index (κ1) is 25.3. The molecule has 4 N–H and O–H groups in total. The highest BCUT2D eigenvalue weighted by molar-refractivity contribution is 5.99. The zero-order valence-corrected chi connectivity index (χ0v) is 19.9. The zero-order valence-electron chi connectivity index (χ0n) is 19.9. The molecule has 0 spiro atoms. The molecule has 198 valence electrons. The number of carbonyl (C=O) groups is 2. The second-order valence-electron chi connectivity index (χ2n) is 9.76. The number of carbonyl (C=O) groups excluding carboxylic acids is 2. The fourth-order valence-electron chi connectivity index (χ4n) is 4.86. The van der Waals surface area contributed by atoms with Gasteiger partial charge in [-0.2, -0.15) is 13.2 Å². The lowest BCUT2D eigenvalue weighted by Crippen LogP contribution is -2.47. The third kappa shape index (κ3) is 5.99. The number of hydrogen-bond donors (Lipinski definition) is 4. The van der Waals surface area contributed by atoms with Crippen molar-refractivity contribution < 1.29 is 37.3 Å². The quantitative estimate of drug-likeness (QED) is 0.437. The minimum absolute atomic E-state index is 0.0819. The van der Waals surface area contributed by atoms with Gasteiger partial charge in [-0.3, -0.25) is 4.79 Å². The van der Waals surface area contributed by atoms with Crippen LogP contribution < -0.4 is 20.7 Å². The van der Waals surface area contributed by atoms with Crippen molar-refractivity contribution in [2.45, 2.75) is 56.1 Å². The van der Waals surface area contributed by atoms with Gasteiger partial charge in [-0.1, -0.05) is 0 Å². The van der Waals surface area contributed by atoms with Gasteiger partial charge in [0.25, 0.3) is 0 Å². The predicted molar refractivity (Wildman–Crippen MR) is 128 cm³/mol. The molecule has 4 atom stereocenters. The van der Waals surface area contributed by atoms with Crippen molar-refractivity contribution in [2.24, 2.45) is 5.92 Å². The van der Waals surface area contributed by atoms with Crippen LogP contribution in [0.2, 0.25) is 0 Å². The molecule has 1 aliphatic carbocycles. The summed E-state index contributed by atoms with van der Waals surface area (Å²) < 4.78 is 50.3. The summed E-state index contributed by atoms with van der Waals surface area (Å²) in [5.74, 6) is 0.969. The molecule has 1 saturated heterocycles. The Morgan fingerprint density at radius 3 is 2.41 bits per heavy atom. The van der Waals surface area contributed by atoms with E-state index in [0.29, 0.717) is 30.3 Å². The van der Waals surface area contributed by atoms with E-state index in [1.807, 2.05) is 0 Å². The van der Waals surface area contributed by atoms with Gasteiger partial charge >= 0.3 is 12.2 Å². The summed E-state index contributed by atoms with van der Waals surface area (Å²) in [6.45, 7) is 0.423. The van der Waals surface area contributed by atoms with Crippen molar-refractivity contribution in [3.05, 3.63) is 53.6 Å². The summed E-state index contributed by atoms with van der Waals surface area (Å²) in [7, 11) is 0. The fraction of sp³-hybridized carbons (Fsp3) is 0.462. The Morgan fingerprint density at radius 1 is 1.03 bits per heavy atom. The number of nitrogens with one attached hydrogen (secondary N) is 3. The van der Waals surface area contributed by atoms with Gasteiger partial charge < -0.3 is 30.5 Å². The molecule has 3 aliphatic rings. The van der Waals surface area contributed by atoms with Crippen LogP contribution in [-0.2, 0) is 15.7 Å². The molecule has 0 unspecified atom stereocenters. The van der Waals surface area contributed by atoms with E-state index in [2.05, 4.69) is 16.0 Å². The number of anilines is 2. The number of urea groups is 1. The third-order valence-electron chi connectivity index (χ3n) is 6.93. The number of ether oxygens (including phenoxy) is 2. The first-order valence-corrected chi connectivity index (χ1v) is 12.3. The van der Waals surface area contributed by atoms with Crippen LogP contribution in [0.15, 0.2) is 42.5 Å². The van der Waals surface area contributed by atoms with Gasteiger partial charge in [0.15, 0.2) is 0 Å². The molecule has 2 aromatic rings. The van der Waals surface area contributed by atoms with E-state index in [4.69, 9.17) is 9.47 Å². The average Bonchev–Trinajstić information content (AvgIpc) is 3.62. The summed E-state index contributed by atoms with van der Waals surface area (Å²) in [5.41, 5.74) is 0.719. The van der Waals surface area contributed by atoms with Gasteiger partial charge in [0, 0.05) is 29.4 Å². The monoisotopic (exact) mass is 519 g/mol. The number of hydrogen-bond acceptors (Lipinski definition) is 5. The smallest absolute Gasteiger partial charge is 0.416 e. The minimum Gasteiger partial charge on any atom is -0.487 e. The average molecular weight is 520 g/mol. The van der Waals surface area contributed by atoms with Crippen molar-refractivity contribution in [3.63, 3.8) is 0 Å². The van der Waals surface area contributed by atoms with Gasteiger partial charge in [-0.05, 0) is 67.6 Å². The molecule has 11 heteroatoms. The molecule has 0 bridgehead atoms. The lowest BCUT2D eigenvalue weighted by atomic mass is 9.84. The van der Waals surface area contributed by atoms with Crippen molar-refractivity contribution in [1.29, 1.82) is 0 Å². The number of aliphatic hydroxyl groups is 1. The maximum Gasteiger partial charge on any atom is 0.416 e. The van der Waals surface area contributed by atoms with Gasteiger partial charge in [0.1, 0.15) is 18.0 Å². The first-order chi connectivity index (χ1) is 17.7. The number of halogens is 3. The lowest BCUT2D eigenvalue weighted by Gasteiger charge is -2.37. The summed E-state index contributed by atoms with van der Waals surface area (Å²) in [4.78, 5) is 24.8. The molecule has 1 saturated carbocycles. The molecule has 2 heterocycles. The number of rotatable bonds is 7. The normalized spacial score (nSPS) is 24.4. The molecule has 2 aliphatic heterocycles. The highest BCUT2D eigenvalue weighted by Crippen LogP contribution is 2.47. The molecular weight excluding hydrogens is 491 g/mol. The summed E-state index contributed by atoms with van der Waals surface area (Å²) in [6, 6.07) is 8.69. The van der Waals surface area contributed by atoms with Gasteiger partial charge in [-0.15, -0.1) is 0 Å². The fourth-order valence-corrected chi connectivity index (χ4v) is 4.86. The van der Waals surface area contributed by atoms with Crippen LogP contribution in [0.4, 0.5) is 29.3 Å². The maximum atomic E-state index is 12.7. The number of aliphatic hydroxyl groups excluding tert-OH is 1. The Bertz CT molecular complexity index is 1150. The van der Waals surface area contributed by atoms with Crippen LogP contribution in [0, 0.1) is 5.92 Å². The van der Waals surface area contributed by atoms with Crippen LogP contribution in [-0.4, -0.2) is 48.5 Å². The molecule has 5 rings (SSSR count). The maximum absolute atomic E-state index is 12.7. The van der Waals surface area contributed by atoms with E-state index in [9.17, 15) is 27.9 Å². The molecule has 2 fully saturated rings. The molecule has 3 amide bonds. The van der Waals surface area contributed by atoms with Crippen molar-refractivity contribution in [2.75, 3.05) is 23.8 Å². The highest BCUT2D eigenvalue weighted by atomic mass is 19.4. The van der Waals surface area contributed by atoms with Crippen LogP contribution in [0.3, 0.4) is 0 Å². The standard InChI is InChI=1S/C26H28F3N3O5/c27-26(28,29)15-3-5-16(6-4-15)31-25(35)32-17-7-8-21-19(9-17)20-10-18(36-22(13-33)24(20)37-21)11-23(34)30-12-14-1-2-14/h3-9,14,18,20,22,24,33H,1-2,10-13H2,(H,30,34)(H2,31,32,35)/t18-,20+,22-,24-/m1/s1. The van der Waals surface area contributed by atoms with Gasteiger partial charge in [0.05, 0.1) is 24.7 Å². The summed E-state index contributed by atoms with van der Waals surface area (Å²) >= 11 is 0. The van der Waals surface area contributed by atoms with Crippen molar-refractivity contribution in [3.8, 4) is 5.75 Å². The number of benzene rings is 2. The van der Waals surface area contributed by atoms with E-state index in [1.54, 1.807) is 18.2 Å². The Hall–Kier alpha value is -3.31. The summed E-state index contributed by atoms with van der Waals surface area (Å²) in [5, 5.41) is 18.0. The van der Waals surface area contributed by atoms with Crippen molar-refractivity contribution in [1.82, 2.24) is 5.32 Å². The van der Waals surface area contributed by atoms with Crippen molar-refractivity contribution >= 4 is 23.3 Å². The van der Waals surface area contributed by atoms with Gasteiger partial charge in [0.2, 0.25) is 5.91 Å². The largest absolute Gasteiger partial charge is 0.487 e. The van der Waals surface area contributed by atoms with E-state index in [1.165, 1.54) is 12.1 Å². The molecule has 0 radical (unpaired) electrons. The molecule has 0 aromatic heterocycles. The number of alkyl halides is 3.